The molecule has 0 saturated carbocycles. The van der Waals surface area contributed by atoms with Gasteiger partial charge in [-0.05, 0) is 29.2 Å². The van der Waals surface area contributed by atoms with E-state index in [-0.39, 0.29) is 0 Å². The molecule has 2 nitrogen and oxygen atoms in total. The van der Waals surface area contributed by atoms with Crippen LogP contribution in [0, 0.1) is 0 Å². The van der Waals surface area contributed by atoms with Gasteiger partial charge in [-0.25, -0.2) is 0 Å². The molecule has 2 heteroatoms. The molecule has 0 fully saturated rings. The largest absolute Gasteiger partial charge is 0.311 e. The normalized spacial score (nSPS) is 11.9. The van der Waals surface area contributed by atoms with E-state index in [1.54, 1.807) is 0 Å². The SMILES string of the molecule is C=Cc1ccc(CNCC(C)NCc2ccc(C=C)cc2)cc1. The maximum absolute atomic E-state index is 3.77. The lowest BCUT2D eigenvalue weighted by Gasteiger charge is -2.15. The highest BCUT2D eigenvalue weighted by atomic mass is 15.0. The highest BCUT2D eigenvalue weighted by Crippen LogP contribution is 2.06. The summed E-state index contributed by atoms with van der Waals surface area (Å²) in [5, 5.41) is 7.03. The molecule has 0 aromatic heterocycles. The minimum Gasteiger partial charge on any atom is -0.311 e. The number of rotatable bonds is 9. The van der Waals surface area contributed by atoms with Crippen molar-refractivity contribution in [3.63, 3.8) is 0 Å². The van der Waals surface area contributed by atoms with Crippen LogP contribution in [-0.4, -0.2) is 12.6 Å². The van der Waals surface area contributed by atoms with E-state index in [9.17, 15) is 0 Å². The number of nitrogens with one attached hydrogen (secondary N) is 2. The Kier molecular flexibility index (Phi) is 6.79. The van der Waals surface area contributed by atoms with Crippen molar-refractivity contribution in [1.82, 2.24) is 10.6 Å². The molecular weight excluding hydrogens is 280 g/mol. The highest BCUT2D eigenvalue weighted by Gasteiger charge is 2.01. The zero-order valence-electron chi connectivity index (χ0n) is 13.9. The molecule has 2 aromatic rings. The molecule has 2 rings (SSSR count). The molecule has 2 aromatic carbocycles. The highest BCUT2D eigenvalue weighted by molar-refractivity contribution is 5.47. The third-order valence-electron chi connectivity index (χ3n) is 3.87. The van der Waals surface area contributed by atoms with Gasteiger partial charge >= 0.3 is 0 Å². The van der Waals surface area contributed by atoms with Crippen LogP contribution < -0.4 is 10.6 Å². The van der Waals surface area contributed by atoms with Crippen LogP contribution in [0.25, 0.3) is 12.2 Å². The monoisotopic (exact) mass is 306 g/mol. The maximum atomic E-state index is 3.77. The van der Waals surface area contributed by atoms with Crippen LogP contribution in [0.1, 0.15) is 29.2 Å². The molecule has 23 heavy (non-hydrogen) atoms. The van der Waals surface area contributed by atoms with Gasteiger partial charge in [-0.1, -0.05) is 73.8 Å². The van der Waals surface area contributed by atoms with Crippen molar-refractivity contribution in [3.8, 4) is 0 Å². The summed E-state index contributed by atoms with van der Waals surface area (Å²) in [6, 6.07) is 17.4. The first kappa shape index (κ1) is 17.2. The standard InChI is InChI=1S/C21H26N2/c1-4-18-6-10-20(11-7-18)15-22-14-17(3)23-16-21-12-8-19(5-2)9-13-21/h4-13,17,22-23H,1-2,14-16H2,3H3. The fraction of sp³-hybridized carbons (Fsp3) is 0.238. The molecule has 0 saturated heterocycles. The number of hydrogen-bond donors (Lipinski definition) is 2. The van der Waals surface area contributed by atoms with Gasteiger partial charge in [-0.15, -0.1) is 0 Å². The lowest BCUT2D eigenvalue weighted by atomic mass is 10.1. The lowest BCUT2D eigenvalue weighted by molar-refractivity contribution is 0.501. The zero-order valence-corrected chi connectivity index (χ0v) is 13.9. The number of benzene rings is 2. The Labute approximate surface area is 139 Å². The van der Waals surface area contributed by atoms with Crippen molar-refractivity contribution in [1.29, 1.82) is 0 Å². The lowest BCUT2D eigenvalue weighted by Crippen LogP contribution is -2.35. The number of hydrogen-bond acceptors (Lipinski definition) is 2. The first-order valence-corrected chi connectivity index (χ1v) is 8.08. The summed E-state index contributed by atoms with van der Waals surface area (Å²) in [5.41, 5.74) is 4.91. The van der Waals surface area contributed by atoms with Crippen LogP contribution in [-0.2, 0) is 13.1 Å². The van der Waals surface area contributed by atoms with Gasteiger partial charge in [0.15, 0.2) is 0 Å². The van der Waals surface area contributed by atoms with Crippen LogP contribution in [0.5, 0.6) is 0 Å². The first-order chi connectivity index (χ1) is 11.2. The van der Waals surface area contributed by atoms with Gasteiger partial charge in [0.2, 0.25) is 0 Å². The van der Waals surface area contributed by atoms with E-state index in [0.29, 0.717) is 6.04 Å². The molecule has 1 atom stereocenters. The van der Waals surface area contributed by atoms with Gasteiger partial charge in [0, 0.05) is 25.7 Å². The van der Waals surface area contributed by atoms with E-state index in [2.05, 4.69) is 79.2 Å². The van der Waals surface area contributed by atoms with Gasteiger partial charge in [0.25, 0.3) is 0 Å². The van der Waals surface area contributed by atoms with E-state index < -0.39 is 0 Å². The van der Waals surface area contributed by atoms with E-state index in [1.165, 1.54) is 11.1 Å². The van der Waals surface area contributed by atoms with E-state index in [0.717, 1.165) is 30.8 Å². The van der Waals surface area contributed by atoms with Crippen molar-refractivity contribution in [3.05, 3.63) is 83.9 Å². The van der Waals surface area contributed by atoms with Crippen LogP contribution in [0.15, 0.2) is 61.7 Å². The minimum atomic E-state index is 0.418. The molecule has 0 aliphatic heterocycles. The molecule has 0 heterocycles. The summed E-state index contributed by atoms with van der Waals surface area (Å²) in [6.07, 6.45) is 3.73. The van der Waals surface area contributed by atoms with E-state index >= 15 is 0 Å². The van der Waals surface area contributed by atoms with E-state index in [4.69, 9.17) is 0 Å². The second-order valence-corrected chi connectivity index (χ2v) is 5.80. The Morgan fingerprint density at radius 3 is 1.78 bits per heavy atom. The van der Waals surface area contributed by atoms with Crippen LogP contribution in [0.3, 0.4) is 0 Å². The smallest absolute Gasteiger partial charge is 0.0208 e. The average molecular weight is 306 g/mol. The molecule has 0 spiro atoms. The second-order valence-electron chi connectivity index (χ2n) is 5.80. The van der Waals surface area contributed by atoms with Crippen molar-refractivity contribution >= 4 is 12.2 Å². The summed E-state index contributed by atoms with van der Waals surface area (Å²) in [7, 11) is 0. The third-order valence-corrected chi connectivity index (χ3v) is 3.87. The van der Waals surface area contributed by atoms with Crippen LogP contribution >= 0.6 is 0 Å². The Morgan fingerprint density at radius 2 is 1.30 bits per heavy atom. The Balaban J connectivity index is 1.68. The maximum Gasteiger partial charge on any atom is 0.0208 e. The van der Waals surface area contributed by atoms with Gasteiger partial charge < -0.3 is 10.6 Å². The molecule has 0 bridgehead atoms. The minimum absolute atomic E-state index is 0.418. The summed E-state index contributed by atoms with van der Waals surface area (Å²) < 4.78 is 0. The zero-order chi connectivity index (χ0) is 16.5. The molecule has 0 aliphatic rings. The second kappa shape index (κ2) is 9.09. The summed E-state index contributed by atoms with van der Waals surface area (Å²) >= 11 is 0. The third kappa shape index (κ3) is 5.85. The van der Waals surface area contributed by atoms with Gasteiger partial charge in [0.05, 0.1) is 0 Å². The Morgan fingerprint density at radius 1 is 0.826 bits per heavy atom. The van der Waals surface area contributed by atoms with Gasteiger partial charge in [0.1, 0.15) is 0 Å². The quantitative estimate of drug-likeness (QED) is 0.724. The summed E-state index contributed by atoms with van der Waals surface area (Å²) in [6.45, 7) is 12.5. The predicted molar refractivity (Wildman–Crippen MR) is 101 cm³/mol. The molecule has 2 N–H and O–H groups in total. The molecule has 0 amide bonds. The van der Waals surface area contributed by atoms with Crippen molar-refractivity contribution in [2.24, 2.45) is 0 Å². The summed E-state index contributed by atoms with van der Waals surface area (Å²) in [5.74, 6) is 0. The topological polar surface area (TPSA) is 24.1 Å². The first-order valence-electron chi connectivity index (χ1n) is 8.08. The van der Waals surface area contributed by atoms with Gasteiger partial charge in [-0.3, -0.25) is 0 Å². The van der Waals surface area contributed by atoms with Crippen molar-refractivity contribution in [2.75, 3.05) is 6.54 Å². The fourth-order valence-corrected chi connectivity index (χ4v) is 2.34. The summed E-state index contributed by atoms with van der Waals surface area (Å²) in [4.78, 5) is 0. The molecule has 1 unspecified atom stereocenters. The Hall–Kier alpha value is -2.16. The van der Waals surface area contributed by atoms with Gasteiger partial charge in [-0.2, -0.15) is 0 Å². The molecule has 120 valence electrons. The van der Waals surface area contributed by atoms with Crippen LogP contribution in [0.4, 0.5) is 0 Å². The van der Waals surface area contributed by atoms with Crippen molar-refractivity contribution in [2.45, 2.75) is 26.1 Å². The van der Waals surface area contributed by atoms with Crippen molar-refractivity contribution < 1.29 is 0 Å². The fourth-order valence-electron chi connectivity index (χ4n) is 2.34. The molecule has 0 radical (unpaired) electrons. The predicted octanol–water partition coefficient (Wildman–Crippen LogP) is 4.24. The Bertz CT molecular complexity index is 611. The van der Waals surface area contributed by atoms with Crippen LogP contribution in [0.2, 0.25) is 0 Å². The molecular formula is C21H26N2. The van der Waals surface area contributed by atoms with E-state index in [1.807, 2.05) is 12.2 Å². The molecule has 0 aliphatic carbocycles. The average Bonchev–Trinajstić information content (AvgIpc) is 2.61.